The van der Waals surface area contributed by atoms with Crippen molar-refractivity contribution in [2.45, 2.75) is 25.7 Å². The molecule has 1 amide bonds. The number of fused-ring (bicyclic) bond motifs is 1. The monoisotopic (exact) mass is 464 g/mol. The van der Waals surface area contributed by atoms with Crippen molar-refractivity contribution < 1.29 is 4.79 Å². The Morgan fingerprint density at radius 1 is 1.09 bits per heavy atom. The van der Waals surface area contributed by atoms with Crippen LogP contribution in [0.4, 0.5) is 0 Å². The number of carbonyl (C=O) groups excluding carboxylic acids is 1. The van der Waals surface area contributed by atoms with Gasteiger partial charge in [0.05, 0.1) is 20.9 Å². The van der Waals surface area contributed by atoms with Crippen LogP contribution in [0.3, 0.4) is 0 Å². The summed E-state index contributed by atoms with van der Waals surface area (Å²) in [4.78, 5) is 32.2. The van der Waals surface area contributed by atoms with E-state index in [1.54, 1.807) is 20.9 Å². The van der Waals surface area contributed by atoms with E-state index in [9.17, 15) is 9.59 Å². The van der Waals surface area contributed by atoms with E-state index in [0.29, 0.717) is 29.7 Å². The largest absolute Gasteiger partial charge is 0.337 e. The summed E-state index contributed by atoms with van der Waals surface area (Å²) in [7, 11) is 0. The summed E-state index contributed by atoms with van der Waals surface area (Å²) in [5.41, 5.74) is 2.04. The first kappa shape index (κ1) is 20.8. The minimum absolute atomic E-state index is 0.0347. The van der Waals surface area contributed by atoms with Crippen LogP contribution < -0.4 is 5.43 Å². The van der Waals surface area contributed by atoms with Crippen molar-refractivity contribution in [1.29, 1.82) is 0 Å². The number of amides is 1. The highest BCUT2D eigenvalue weighted by atomic mass is 35.5. The van der Waals surface area contributed by atoms with E-state index in [4.69, 9.17) is 16.6 Å². The van der Waals surface area contributed by atoms with E-state index in [0.717, 1.165) is 33.8 Å². The van der Waals surface area contributed by atoms with Gasteiger partial charge in [0.2, 0.25) is 5.43 Å². The van der Waals surface area contributed by atoms with E-state index in [1.807, 2.05) is 55.5 Å². The first-order chi connectivity index (χ1) is 15.5. The molecule has 1 aliphatic rings. The zero-order chi connectivity index (χ0) is 22.2. The van der Waals surface area contributed by atoms with Crippen molar-refractivity contribution in [2.75, 3.05) is 13.1 Å². The van der Waals surface area contributed by atoms with E-state index >= 15 is 0 Å². The van der Waals surface area contributed by atoms with Gasteiger partial charge in [0, 0.05) is 35.8 Å². The zero-order valence-corrected chi connectivity index (χ0v) is 19.1. The van der Waals surface area contributed by atoms with Crippen LogP contribution in [0, 0.1) is 6.92 Å². The maximum atomic E-state index is 13.2. The molecule has 0 bridgehead atoms. The number of carbonyl (C=O) groups is 1. The maximum absolute atomic E-state index is 13.2. The molecular weight excluding hydrogens is 444 g/mol. The molecule has 0 N–H and O–H groups in total. The second-order valence-electron chi connectivity index (χ2n) is 7.98. The smallest absolute Gasteiger partial charge is 0.278 e. The number of hydrogen-bond donors (Lipinski definition) is 0. The summed E-state index contributed by atoms with van der Waals surface area (Å²) in [6.07, 6.45) is 1.61. The lowest BCUT2D eigenvalue weighted by atomic mass is 9.97. The molecule has 1 fully saturated rings. The normalized spacial score (nSPS) is 14.8. The van der Waals surface area contributed by atoms with Crippen LogP contribution in [0.2, 0.25) is 5.02 Å². The molecule has 0 saturated carbocycles. The number of rotatable bonds is 3. The molecule has 2 aromatic carbocycles. The average molecular weight is 465 g/mol. The summed E-state index contributed by atoms with van der Waals surface area (Å²) in [6.45, 7) is 2.95. The van der Waals surface area contributed by atoms with E-state index in [1.165, 1.54) is 6.07 Å². The number of para-hydroxylation sites is 1. The minimum atomic E-state index is -0.343. The highest BCUT2D eigenvalue weighted by molar-refractivity contribution is 7.18. The van der Waals surface area contributed by atoms with Crippen LogP contribution in [0.25, 0.3) is 15.9 Å². The van der Waals surface area contributed by atoms with E-state index in [2.05, 4.69) is 5.10 Å². The third-order valence-corrected chi connectivity index (χ3v) is 7.24. The molecule has 162 valence electrons. The Balaban J connectivity index is 1.34. The molecule has 0 unspecified atom stereocenters. The Labute approximate surface area is 194 Å². The molecule has 0 spiro atoms. The fraction of sp³-hybridized carbons (Fsp3) is 0.250. The molecule has 8 heteroatoms. The van der Waals surface area contributed by atoms with Crippen molar-refractivity contribution in [1.82, 2.24) is 19.7 Å². The van der Waals surface area contributed by atoms with Gasteiger partial charge in [0.25, 0.3) is 5.91 Å². The Bertz CT molecular complexity index is 1360. The Morgan fingerprint density at radius 3 is 2.59 bits per heavy atom. The van der Waals surface area contributed by atoms with Crippen molar-refractivity contribution in [2.24, 2.45) is 0 Å². The molecule has 0 atom stereocenters. The Morgan fingerprint density at radius 2 is 1.84 bits per heavy atom. The molecule has 32 heavy (non-hydrogen) atoms. The van der Waals surface area contributed by atoms with Crippen molar-refractivity contribution in [3.63, 3.8) is 0 Å². The fourth-order valence-corrected chi connectivity index (χ4v) is 5.38. The summed E-state index contributed by atoms with van der Waals surface area (Å²) in [6, 6.07) is 16.8. The number of nitrogens with zero attached hydrogens (tertiary/aromatic N) is 4. The molecule has 1 saturated heterocycles. The van der Waals surface area contributed by atoms with Crippen LogP contribution in [0.15, 0.2) is 59.4 Å². The number of piperidine rings is 1. The Hall–Kier alpha value is -3.03. The van der Waals surface area contributed by atoms with Crippen molar-refractivity contribution in [3.05, 3.63) is 86.2 Å². The summed E-state index contributed by atoms with van der Waals surface area (Å²) >= 11 is 7.77. The Kier molecular flexibility index (Phi) is 5.53. The molecule has 4 aromatic rings. The number of benzene rings is 2. The van der Waals surface area contributed by atoms with Crippen molar-refractivity contribution >= 4 is 39.1 Å². The van der Waals surface area contributed by atoms with Gasteiger partial charge in [-0.2, -0.15) is 5.10 Å². The summed E-state index contributed by atoms with van der Waals surface area (Å²) in [5, 5.41) is 6.18. The number of aromatic nitrogens is 3. The van der Waals surface area contributed by atoms with Gasteiger partial charge in [0.1, 0.15) is 0 Å². The molecule has 1 aliphatic heterocycles. The van der Waals surface area contributed by atoms with Gasteiger partial charge in [-0.15, -0.1) is 11.3 Å². The van der Waals surface area contributed by atoms with E-state index in [-0.39, 0.29) is 17.0 Å². The van der Waals surface area contributed by atoms with Gasteiger partial charge >= 0.3 is 0 Å². The van der Waals surface area contributed by atoms with Gasteiger partial charge < -0.3 is 4.90 Å². The van der Waals surface area contributed by atoms with Crippen LogP contribution in [0.5, 0.6) is 0 Å². The SMILES string of the molecule is Cc1cc(=O)c(C(=O)N2CCC(c3nc4cc(Cl)ccc4s3)CC2)nn1-c1ccccc1. The quantitative estimate of drug-likeness (QED) is 0.435. The fourth-order valence-electron chi connectivity index (χ4n) is 4.10. The first-order valence-electron chi connectivity index (χ1n) is 10.5. The lowest BCUT2D eigenvalue weighted by molar-refractivity contribution is 0.0703. The number of halogens is 1. The van der Waals surface area contributed by atoms with Crippen LogP contribution in [-0.2, 0) is 0 Å². The predicted octanol–water partition coefficient (Wildman–Crippen LogP) is 4.82. The zero-order valence-electron chi connectivity index (χ0n) is 17.5. The first-order valence-corrected chi connectivity index (χ1v) is 11.7. The number of aryl methyl sites for hydroxylation is 1. The van der Waals surface area contributed by atoms with Crippen LogP contribution in [0.1, 0.15) is 39.9 Å². The van der Waals surface area contributed by atoms with Gasteiger partial charge in [0.15, 0.2) is 5.69 Å². The second-order valence-corrected chi connectivity index (χ2v) is 9.48. The van der Waals surface area contributed by atoms with Gasteiger partial charge in [-0.3, -0.25) is 9.59 Å². The summed E-state index contributed by atoms with van der Waals surface area (Å²) in [5.74, 6) is -0.0172. The van der Waals surface area contributed by atoms with E-state index < -0.39 is 0 Å². The molecule has 0 radical (unpaired) electrons. The third-order valence-electron chi connectivity index (χ3n) is 5.81. The summed E-state index contributed by atoms with van der Waals surface area (Å²) < 4.78 is 2.77. The lowest BCUT2D eigenvalue weighted by Gasteiger charge is -2.30. The molecule has 2 aromatic heterocycles. The minimum Gasteiger partial charge on any atom is -0.337 e. The standard InChI is InChI=1S/C24H21ClN4O2S/c1-15-13-20(30)22(27-29(15)18-5-3-2-4-6-18)24(31)28-11-9-16(10-12-28)23-26-19-14-17(25)7-8-21(19)32-23/h2-8,13-14,16H,9-12H2,1H3. The topological polar surface area (TPSA) is 68.1 Å². The highest BCUT2D eigenvalue weighted by Gasteiger charge is 2.28. The van der Waals surface area contributed by atoms with Crippen LogP contribution in [-0.4, -0.2) is 38.7 Å². The molecule has 3 heterocycles. The predicted molar refractivity (Wildman–Crippen MR) is 127 cm³/mol. The maximum Gasteiger partial charge on any atom is 0.278 e. The van der Waals surface area contributed by atoms with Crippen molar-refractivity contribution in [3.8, 4) is 5.69 Å². The average Bonchev–Trinajstić information content (AvgIpc) is 3.23. The number of likely N-dealkylation sites (tertiary alicyclic amines) is 1. The van der Waals surface area contributed by atoms with Crippen LogP contribution >= 0.6 is 22.9 Å². The van der Waals surface area contributed by atoms with Gasteiger partial charge in [-0.05, 0) is 50.1 Å². The molecule has 0 aliphatic carbocycles. The molecule has 5 rings (SSSR count). The molecular formula is C24H21ClN4O2S. The van der Waals surface area contributed by atoms with Gasteiger partial charge in [-0.1, -0.05) is 29.8 Å². The van der Waals surface area contributed by atoms with Gasteiger partial charge in [-0.25, -0.2) is 9.67 Å². The number of hydrogen-bond acceptors (Lipinski definition) is 5. The highest BCUT2D eigenvalue weighted by Crippen LogP contribution is 2.34. The number of thiazole rings is 1. The third kappa shape index (κ3) is 3.94. The molecule has 6 nitrogen and oxygen atoms in total. The second kappa shape index (κ2) is 8.48. The lowest BCUT2D eigenvalue weighted by Crippen LogP contribution is -2.41.